The molecule has 0 rings (SSSR count). The van der Waals surface area contributed by atoms with Crippen molar-refractivity contribution < 1.29 is 9.90 Å². The molecule has 0 fully saturated rings. The highest BCUT2D eigenvalue weighted by molar-refractivity contribution is 5.66. The van der Waals surface area contributed by atoms with Crippen molar-refractivity contribution in [2.75, 3.05) is 20.1 Å². The standard InChI is InChI=1S/C17H35NO2/c1-3-4-5-6-7-8-9-10-11-12-13-14-15-18(2)16-17(19)20/h3-16H2,1-2H3,(H,19,20)/p-1. The van der Waals surface area contributed by atoms with Gasteiger partial charge >= 0.3 is 0 Å². The summed E-state index contributed by atoms with van der Waals surface area (Å²) in [6.07, 6.45) is 16.0. The highest BCUT2D eigenvalue weighted by Crippen LogP contribution is 2.11. The zero-order valence-electron chi connectivity index (χ0n) is 13.7. The molecule has 0 aliphatic carbocycles. The summed E-state index contributed by atoms with van der Waals surface area (Å²) in [5.74, 6) is -0.980. The van der Waals surface area contributed by atoms with Crippen molar-refractivity contribution in [3.8, 4) is 0 Å². The van der Waals surface area contributed by atoms with Crippen molar-refractivity contribution in [3.63, 3.8) is 0 Å². The third-order valence-electron chi connectivity index (χ3n) is 3.79. The second kappa shape index (κ2) is 14.8. The van der Waals surface area contributed by atoms with Crippen LogP contribution in [0.25, 0.3) is 0 Å². The molecular formula is C17H34NO2-. The van der Waals surface area contributed by atoms with E-state index < -0.39 is 5.97 Å². The number of nitrogens with zero attached hydrogens (tertiary/aromatic N) is 1. The van der Waals surface area contributed by atoms with Gasteiger partial charge in [-0.15, -0.1) is 0 Å². The van der Waals surface area contributed by atoms with Crippen LogP contribution in [0.4, 0.5) is 0 Å². The first-order valence-electron chi connectivity index (χ1n) is 8.55. The molecule has 0 aliphatic heterocycles. The topological polar surface area (TPSA) is 43.4 Å². The zero-order chi connectivity index (χ0) is 15.1. The smallest absolute Gasteiger partial charge is 0.0554 e. The van der Waals surface area contributed by atoms with Crippen molar-refractivity contribution >= 4 is 5.97 Å². The van der Waals surface area contributed by atoms with E-state index in [0.29, 0.717) is 0 Å². The number of unbranched alkanes of at least 4 members (excludes halogenated alkanes) is 11. The lowest BCUT2D eigenvalue weighted by Gasteiger charge is -2.16. The molecule has 3 heteroatoms. The molecule has 0 heterocycles. The molecule has 0 aliphatic rings. The maximum atomic E-state index is 10.4. The minimum atomic E-state index is -0.980. The van der Waals surface area contributed by atoms with Crippen LogP contribution in [-0.2, 0) is 4.79 Å². The molecule has 0 bridgehead atoms. The van der Waals surface area contributed by atoms with Gasteiger partial charge in [-0.05, 0) is 20.0 Å². The molecule has 0 unspecified atom stereocenters. The zero-order valence-corrected chi connectivity index (χ0v) is 13.7. The lowest BCUT2D eigenvalue weighted by atomic mass is 10.1. The van der Waals surface area contributed by atoms with Crippen LogP contribution in [0.1, 0.15) is 84.0 Å². The van der Waals surface area contributed by atoms with Gasteiger partial charge in [0.1, 0.15) is 0 Å². The molecule has 0 amide bonds. The number of likely N-dealkylation sites (N-methyl/N-ethyl adjacent to an activating group) is 1. The van der Waals surface area contributed by atoms with Gasteiger partial charge in [-0.25, -0.2) is 0 Å². The van der Waals surface area contributed by atoms with E-state index in [9.17, 15) is 9.90 Å². The van der Waals surface area contributed by atoms with Crippen molar-refractivity contribution in [1.82, 2.24) is 4.90 Å². The summed E-state index contributed by atoms with van der Waals surface area (Å²) in [6, 6.07) is 0. The van der Waals surface area contributed by atoms with Gasteiger partial charge in [-0.2, -0.15) is 0 Å². The van der Waals surface area contributed by atoms with Crippen molar-refractivity contribution in [1.29, 1.82) is 0 Å². The summed E-state index contributed by atoms with van der Waals surface area (Å²) in [5.41, 5.74) is 0. The molecule has 20 heavy (non-hydrogen) atoms. The number of carbonyl (C=O) groups is 1. The average Bonchev–Trinajstić information content (AvgIpc) is 2.39. The fourth-order valence-electron chi connectivity index (χ4n) is 2.52. The van der Waals surface area contributed by atoms with E-state index in [1.165, 1.54) is 70.6 Å². The molecule has 0 radical (unpaired) electrons. The molecule has 0 N–H and O–H groups in total. The van der Waals surface area contributed by atoms with Gasteiger partial charge < -0.3 is 14.8 Å². The summed E-state index contributed by atoms with van der Waals surface area (Å²) >= 11 is 0. The lowest BCUT2D eigenvalue weighted by Crippen LogP contribution is -2.36. The summed E-state index contributed by atoms with van der Waals surface area (Å²) < 4.78 is 0. The Hall–Kier alpha value is -0.570. The minimum Gasteiger partial charge on any atom is -0.549 e. The number of rotatable bonds is 15. The third-order valence-corrected chi connectivity index (χ3v) is 3.79. The van der Waals surface area contributed by atoms with Crippen molar-refractivity contribution in [3.05, 3.63) is 0 Å². The van der Waals surface area contributed by atoms with Crippen LogP contribution in [0.5, 0.6) is 0 Å². The number of hydrogen-bond donors (Lipinski definition) is 0. The Morgan fingerprint density at radius 1 is 0.800 bits per heavy atom. The molecule has 0 spiro atoms. The van der Waals surface area contributed by atoms with Crippen LogP contribution >= 0.6 is 0 Å². The molecule has 0 atom stereocenters. The summed E-state index contributed by atoms with van der Waals surface area (Å²) in [7, 11) is 1.84. The maximum absolute atomic E-state index is 10.4. The van der Waals surface area contributed by atoms with Crippen LogP contribution in [0.3, 0.4) is 0 Å². The van der Waals surface area contributed by atoms with Gasteiger partial charge in [-0.1, -0.05) is 77.6 Å². The van der Waals surface area contributed by atoms with E-state index in [2.05, 4.69) is 6.92 Å². The maximum Gasteiger partial charge on any atom is 0.0554 e. The lowest BCUT2D eigenvalue weighted by molar-refractivity contribution is -0.306. The van der Waals surface area contributed by atoms with Crippen LogP contribution in [0.15, 0.2) is 0 Å². The fraction of sp³-hybridized carbons (Fsp3) is 0.941. The van der Waals surface area contributed by atoms with Gasteiger partial charge in [0.15, 0.2) is 0 Å². The molecular weight excluding hydrogens is 250 g/mol. The molecule has 3 nitrogen and oxygen atoms in total. The van der Waals surface area contributed by atoms with Gasteiger partial charge in [0.05, 0.1) is 5.97 Å². The summed E-state index contributed by atoms with van der Waals surface area (Å²) in [5, 5.41) is 10.4. The quantitative estimate of drug-likeness (QED) is 0.433. The third kappa shape index (κ3) is 15.5. The van der Waals surface area contributed by atoms with Gasteiger partial charge in [0.2, 0.25) is 0 Å². The minimum absolute atomic E-state index is 0.0536. The van der Waals surface area contributed by atoms with E-state index in [4.69, 9.17) is 0 Å². The van der Waals surface area contributed by atoms with Gasteiger partial charge in [0, 0.05) is 6.54 Å². The second-order valence-electron chi connectivity index (χ2n) is 6.00. The van der Waals surface area contributed by atoms with E-state index in [1.54, 1.807) is 0 Å². The first-order chi connectivity index (χ1) is 9.66. The SMILES string of the molecule is CCCCCCCCCCCCCCN(C)CC(=O)[O-]. The largest absolute Gasteiger partial charge is 0.549 e. The average molecular weight is 284 g/mol. The van der Waals surface area contributed by atoms with Crippen molar-refractivity contribution in [2.45, 2.75) is 84.0 Å². The van der Waals surface area contributed by atoms with E-state index >= 15 is 0 Å². The molecule has 0 aromatic carbocycles. The highest BCUT2D eigenvalue weighted by Gasteiger charge is 1.98. The highest BCUT2D eigenvalue weighted by atomic mass is 16.4. The Morgan fingerprint density at radius 2 is 1.20 bits per heavy atom. The number of carboxylic acids is 1. The van der Waals surface area contributed by atoms with Crippen LogP contribution < -0.4 is 5.11 Å². The van der Waals surface area contributed by atoms with Crippen LogP contribution in [-0.4, -0.2) is 31.0 Å². The van der Waals surface area contributed by atoms with Gasteiger partial charge in [-0.3, -0.25) is 0 Å². The second-order valence-corrected chi connectivity index (χ2v) is 6.00. The number of aliphatic carboxylic acids is 1. The van der Waals surface area contributed by atoms with Crippen LogP contribution in [0.2, 0.25) is 0 Å². The van der Waals surface area contributed by atoms with E-state index in [-0.39, 0.29) is 6.54 Å². The van der Waals surface area contributed by atoms with Crippen molar-refractivity contribution in [2.24, 2.45) is 0 Å². The first-order valence-corrected chi connectivity index (χ1v) is 8.55. The number of carbonyl (C=O) groups excluding carboxylic acids is 1. The molecule has 120 valence electrons. The molecule has 0 saturated carbocycles. The number of hydrogen-bond acceptors (Lipinski definition) is 3. The molecule has 0 aromatic heterocycles. The Bertz CT molecular complexity index is 219. The fourth-order valence-corrected chi connectivity index (χ4v) is 2.52. The summed E-state index contributed by atoms with van der Waals surface area (Å²) in [4.78, 5) is 12.2. The monoisotopic (exact) mass is 284 g/mol. The Morgan fingerprint density at radius 3 is 1.60 bits per heavy atom. The van der Waals surface area contributed by atoms with Gasteiger partial charge in [0.25, 0.3) is 0 Å². The Labute approximate surface area is 125 Å². The normalized spacial score (nSPS) is 11.2. The molecule has 0 aromatic rings. The predicted molar refractivity (Wildman–Crippen MR) is 83.6 cm³/mol. The molecule has 0 saturated heterocycles. The number of carboxylic acid groups (broad SMARTS) is 1. The predicted octanol–water partition coefficient (Wildman–Crippen LogP) is 3.37. The van der Waals surface area contributed by atoms with E-state index in [1.807, 2.05) is 11.9 Å². The van der Waals surface area contributed by atoms with Crippen LogP contribution in [0, 0.1) is 0 Å². The first kappa shape index (κ1) is 19.4. The van der Waals surface area contributed by atoms with E-state index in [0.717, 1.165) is 13.0 Å². The Balaban J connectivity index is 3.08. The summed E-state index contributed by atoms with van der Waals surface area (Å²) in [6.45, 7) is 3.18. The Kier molecular flexibility index (Phi) is 14.4.